The predicted molar refractivity (Wildman–Crippen MR) is 88.5 cm³/mol. The summed E-state index contributed by atoms with van der Waals surface area (Å²) in [6.07, 6.45) is 0. The Balaban J connectivity index is 2.49. The Morgan fingerprint density at radius 1 is 1.05 bits per heavy atom. The molecule has 2 aromatic rings. The van der Waals surface area contributed by atoms with Gasteiger partial charge in [-0.05, 0) is 49.7 Å². The van der Waals surface area contributed by atoms with Gasteiger partial charge < -0.3 is 9.88 Å². The molecule has 1 aromatic heterocycles. The van der Waals surface area contributed by atoms with E-state index in [4.69, 9.17) is 0 Å². The number of nitrogens with one attached hydrogen (secondary N) is 1. The van der Waals surface area contributed by atoms with Gasteiger partial charge in [0, 0.05) is 24.2 Å². The van der Waals surface area contributed by atoms with E-state index < -0.39 is 0 Å². The molecule has 4 heteroatoms. The maximum absolute atomic E-state index is 13.1. The zero-order valence-corrected chi connectivity index (χ0v) is 13.6. The average Bonchev–Trinajstić information content (AvgIpc) is 2.46. The Morgan fingerprint density at radius 3 is 2.23 bits per heavy atom. The number of pyridine rings is 1. The smallest absolute Gasteiger partial charge is 0.255 e. The molecular weight excluding hydrogens is 279 g/mol. The summed E-state index contributed by atoms with van der Waals surface area (Å²) < 4.78 is 14.9. The number of hydrogen-bond donors (Lipinski definition) is 1. The molecular formula is C18H23FN2O. The first kappa shape index (κ1) is 16.4. The highest BCUT2D eigenvalue weighted by molar-refractivity contribution is 5.60. The highest BCUT2D eigenvalue weighted by atomic mass is 19.1. The summed E-state index contributed by atoms with van der Waals surface area (Å²) >= 11 is 0. The molecule has 1 N–H and O–H groups in total. The van der Waals surface area contributed by atoms with Crippen molar-refractivity contribution in [3.05, 3.63) is 58.1 Å². The van der Waals surface area contributed by atoms with Crippen LogP contribution in [0.15, 0.2) is 41.2 Å². The number of aromatic nitrogens is 1. The molecule has 0 saturated carbocycles. The lowest BCUT2D eigenvalue weighted by Gasteiger charge is -2.18. The summed E-state index contributed by atoms with van der Waals surface area (Å²) in [6, 6.07) is 10.4. The normalized spacial score (nSPS) is 11.4. The van der Waals surface area contributed by atoms with E-state index in [0.29, 0.717) is 12.6 Å². The fourth-order valence-corrected chi connectivity index (χ4v) is 2.41. The lowest BCUT2D eigenvalue weighted by Crippen LogP contribution is -2.31. The predicted octanol–water partition coefficient (Wildman–Crippen LogP) is 3.73. The Labute approximate surface area is 130 Å². The minimum atomic E-state index is -0.278. The van der Waals surface area contributed by atoms with Crippen molar-refractivity contribution >= 4 is 0 Å². The number of benzene rings is 1. The van der Waals surface area contributed by atoms with Gasteiger partial charge >= 0.3 is 0 Å². The van der Waals surface area contributed by atoms with Crippen molar-refractivity contribution in [1.82, 2.24) is 9.88 Å². The summed E-state index contributed by atoms with van der Waals surface area (Å²) in [5.74, 6) is -0.278. The molecule has 0 aliphatic heterocycles. The Kier molecular flexibility index (Phi) is 5.14. The highest BCUT2D eigenvalue weighted by Crippen LogP contribution is 2.21. The molecule has 0 atom stereocenters. The third-order valence-electron chi connectivity index (χ3n) is 3.55. The van der Waals surface area contributed by atoms with Gasteiger partial charge in [-0.2, -0.15) is 0 Å². The van der Waals surface area contributed by atoms with E-state index in [1.807, 2.05) is 39.8 Å². The van der Waals surface area contributed by atoms with Crippen molar-refractivity contribution in [1.29, 1.82) is 0 Å². The Hall–Kier alpha value is -1.94. The van der Waals surface area contributed by atoms with Crippen molar-refractivity contribution in [2.45, 2.75) is 46.3 Å². The molecule has 2 rings (SSSR count). The van der Waals surface area contributed by atoms with Gasteiger partial charge in [-0.3, -0.25) is 4.79 Å². The molecule has 3 nitrogen and oxygen atoms in total. The molecule has 0 spiro atoms. The molecule has 0 bridgehead atoms. The third kappa shape index (κ3) is 3.63. The zero-order chi connectivity index (χ0) is 16.3. The number of rotatable bonds is 5. The van der Waals surface area contributed by atoms with E-state index >= 15 is 0 Å². The molecule has 22 heavy (non-hydrogen) atoms. The molecule has 0 aliphatic carbocycles. The van der Waals surface area contributed by atoms with Crippen molar-refractivity contribution in [3.8, 4) is 11.3 Å². The molecule has 0 amide bonds. The number of halogens is 1. The fraction of sp³-hybridized carbons (Fsp3) is 0.389. The van der Waals surface area contributed by atoms with Crippen LogP contribution < -0.4 is 10.9 Å². The summed E-state index contributed by atoms with van der Waals surface area (Å²) in [4.78, 5) is 12.7. The van der Waals surface area contributed by atoms with Gasteiger partial charge in [-0.15, -0.1) is 0 Å². The maximum Gasteiger partial charge on any atom is 0.255 e. The standard InChI is InChI=1S/C18H23FN2O/c1-12(2)20-11-15-7-10-17(21(13(3)4)18(15)22)14-5-8-16(19)9-6-14/h5-10,12-13,20H,11H2,1-4H3. The van der Waals surface area contributed by atoms with Gasteiger partial charge in [0.2, 0.25) is 0 Å². The summed E-state index contributed by atoms with van der Waals surface area (Å²) in [7, 11) is 0. The molecule has 0 saturated heterocycles. The lowest BCUT2D eigenvalue weighted by molar-refractivity contribution is 0.556. The van der Waals surface area contributed by atoms with Crippen molar-refractivity contribution < 1.29 is 4.39 Å². The van der Waals surface area contributed by atoms with Crippen LogP contribution in [0.2, 0.25) is 0 Å². The topological polar surface area (TPSA) is 34.0 Å². The minimum Gasteiger partial charge on any atom is -0.310 e. The summed E-state index contributed by atoms with van der Waals surface area (Å²) in [5.41, 5.74) is 2.40. The van der Waals surface area contributed by atoms with Gasteiger partial charge in [-0.1, -0.05) is 19.9 Å². The number of hydrogen-bond acceptors (Lipinski definition) is 2. The maximum atomic E-state index is 13.1. The van der Waals surface area contributed by atoms with Crippen LogP contribution in [0.4, 0.5) is 4.39 Å². The average molecular weight is 302 g/mol. The molecule has 0 radical (unpaired) electrons. The van der Waals surface area contributed by atoms with Crippen LogP contribution in [0.1, 0.15) is 39.3 Å². The van der Waals surface area contributed by atoms with Crippen LogP contribution in [-0.2, 0) is 6.54 Å². The second-order valence-corrected chi connectivity index (χ2v) is 6.06. The van der Waals surface area contributed by atoms with Gasteiger partial charge in [0.1, 0.15) is 5.82 Å². The first-order valence-corrected chi connectivity index (χ1v) is 7.64. The highest BCUT2D eigenvalue weighted by Gasteiger charge is 2.13. The first-order chi connectivity index (χ1) is 10.4. The van der Waals surface area contributed by atoms with Crippen LogP contribution in [-0.4, -0.2) is 10.6 Å². The molecule has 0 aliphatic rings. The second-order valence-electron chi connectivity index (χ2n) is 6.06. The fourth-order valence-electron chi connectivity index (χ4n) is 2.41. The largest absolute Gasteiger partial charge is 0.310 e. The van der Waals surface area contributed by atoms with Crippen molar-refractivity contribution in [2.75, 3.05) is 0 Å². The molecule has 118 valence electrons. The molecule has 1 aromatic carbocycles. The zero-order valence-electron chi connectivity index (χ0n) is 13.6. The minimum absolute atomic E-state index is 0.00461. The van der Waals surface area contributed by atoms with Crippen LogP contribution in [0, 0.1) is 5.82 Å². The lowest BCUT2D eigenvalue weighted by atomic mass is 10.1. The van der Waals surface area contributed by atoms with E-state index in [2.05, 4.69) is 5.32 Å². The molecule has 1 heterocycles. The van der Waals surface area contributed by atoms with Gasteiger partial charge in [0.25, 0.3) is 5.56 Å². The first-order valence-electron chi connectivity index (χ1n) is 7.64. The van der Waals surface area contributed by atoms with E-state index in [9.17, 15) is 9.18 Å². The quantitative estimate of drug-likeness (QED) is 0.913. The van der Waals surface area contributed by atoms with E-state index in [-0.39, 0.29) is 17.4 Å². The van der Waals surface area contributed by atoms with Crippen LogP contribution >= 0.6 is 0 Å². The van der Waals surface area contributed by atoms with E-state index in [1.165, 1.54) is 12.1 Å². The third-order valence-corrected chi connectivity index (χ3v) is 3.55. The van der Waals surface area contributed by atoms with E-state index in [1.54, 1.807) is 16.7 Å². The van der Waals surface area contributed by atoms with Gasteiger partial charge in [-0.25, -0.2) is 4.39 Å². The van der Waals surface area contributed by atoms with Crippen molar-refractivity contribution in [3.63, 3.8) is 0 Å². The summed E-state index contributed by atoms with van der Waals surface area (Å²) in [5, 5.41) is 3.27. The Bertz CT molecular complexity index is 687. The van der Waals surface area contributed by atoms with Gasteiger partial charge in [0.05, 0.1) is 5.69 Å². The second kappa shape index (κ2) is 6.88. The van der Waals surface area contributed by atoms with Crippen LogP contribution in [0.5, 0.6) is 0 Å². The van der Waals surface area contributed by atoms with E-state index in [0.717, 1.165) is 16.8 Å². The van der Waals surface area contributed by atoms with Crippen LogP contribution in [0.25, 0.3) is 11.3 Å². The number of nitrogens with zero attached hydrogens (tertiary/aromatic N) is 1. The van der Waals surface area contributed by atoms with Crippen molar-refractivity contribution in [2.24, 2.45) is 0 Å². The van der Waals surface area contributed by atoms with Gasteiger partial charge in [0.15, 0.2) is 0 Å². The Morgan fingerprint density at radius 2 is 1.68 bits per heavy atom. The SMILES string of the molecule is CC(C)NCc1ccc(-c2ccc(F)cc2)n(C(C)C)c1=O. The molecule has 0 fully saturated rings. The summed E-state index contributed by atoms with van der Waals surface area (Å²) in [6.45, 7) is 8.61. The molecule has 0 unspecified atom stereocenters. The monoisotopic (exact) mass is 302 g/mol. The van der Waals surface area contributed by atoms with Crippen LogP contribution in [0.3, 0.4) is 0 Å².